The lowest BCUT2D eigenvalue weighted by atomic mass is 10.5. The summed E-state index contributed by atoms with van der Waals surface area (Å²) in [6, 6.07) is 0. The highest BCUT2D eigenvalue weighted by Crippen LogP contribution is 1.85. The van der Waals surface area contributed by atoms with Crippen LogP contribution in [0, 0.1) is 6.92 Å². The van der Waals surface area contributed by atoms with E-state index in [1.54, 1.807) is 19.3 Å². The van der Waals surface area contributed by atoms with Crippen LogP contribution in [0.5, 0.6) is 0 Å². The summed E-state index contributed by atoms with van der Waals surface area (Å²) in [5.74, 6) is 0. The van der Waals surface area contributed by atoms with Gasteiger partial charge >= 0.3 is 0 Å². The van der Waals surface area contributed by atoms with Crippen LogP contribution in [-0.2, 0) is 11.5 Å². The SMILES string of the molecule is Cc1nccn(COCCO)c1=O. The Morgan fingerprint density at radius 3 is 3.15 bits per heavy atom. The van der Waals surface area contributed by atoms with Crippen molar-refractivity contribution in [2.75, 3.05) is 13.2 Å². The van der Waals surface area contributed by atoms with E-state index in [9.17, 15) is 4.79 Å². The molecule has 0 bridgehead atoms. The molecule has 0 saturated carbocycles. The quantitative estimate of drug-likeness (QED) is 0.642. The van der Waals surface area contributed by atoms with E-state index in [2.05, 4.69) is 4.98 Å². The van der Waals surface area contributed by atoms with E-state index < -0.39 is 0 Å². The Bertz CT molecular complexity index is 321. The van der Waals surface area contributed by atoms with E-state index >= 15 is 0 Å². The highest BCUT2D eigenvalue weighted by Gasteiger charge is 1.98. The second kappa shape index (κ2) is 4.74. The summed E-state index contributed by atoms with van der Waals surface area (Å²) in [6.07, 6.45) is 3.09. The number of ether oxygens (including phenoxy) is 1. The molecule has 13 heavy (non-hydrogen) atoms. The molecule has 5 nitrogen and oxygen atoms in total. The fraction of sp³-hybridized carbons (Fsp3) is 0.500. The molecule has 0 fully saturated rings. The van der Waals surface area contributed by atoms with Gasteiger partial charge in [0.15, 0.2) is 0 Å². The third-order valence-corrected chi connectivity index (χ3v) is 1.55. The minimum Gasteiger partial charge on any atom is -0.394 e. The average Bonchev–Trinajstić information content (AvgIpc) is 2.13. The molecule has 0 aliphatic rings. The van der Waals surface area contributed by atoms with Gasteiger partial charge in [-0.3, -0.25) is 14.3 Å². The van der Waals surface area contributed by atoms with E-state index in [4.69, 9.17) is 9.84 Å². The lowest BCUT2D eigenvalue weighted by molar-refractivity contribution is 0.0461. The summed E-state index contributed by atoms with van der Waals surface area (Å²) in [5.41, 5.74) is 0.274. The van der Waals surface area contributed by atoms with Crippen LogP contribution >= 0.6 is 0 Å². The first-order chi connectivity index (χ1) is 6.25. The summed E-state index contributed by atoms with van der Waals surface area (Å²) in [5, 5.41) is 8.44. The normalized spacial score (nSPS) is 10.3. The molecule has 0 spiro atoms. The number of aliphatic hydroxyl groups is 1. The fourth-order valence-electron chi connectivity index (χ4n) is 0.885. The van der Waals surface area contributed by atoms with Crippen LogP contribution in [0.3, 0.4) is 0 Å². The molecule has 0 aliphatic heterocycles. The van der Waals surface area contributed by atoms with Crippen molar-refractivity contribution in [3.63, 3.8) is 0 Å². The van der Waals surface area contributed by atoms with Gasteiger partial charge in [-0.2, -0.15) is 0 Å². The zero-order chi connectivity index (χ0) is 9.68. The molecule has 1 rings (SSSR count). The van der Waals surface area contributed by atoms with Crippen molar-refractivity contribution in [1.82, 2.24) is 9.55 Å². The van der Waals surface area contributed by atoms with Crippen LogP contribution < -0.4 is 5.56 Å². The predicted octanol–water partition coefficient (Wildman–Crippen LogP) is -0.482. The van der Waals surface area contributed by atoms with Gasteiger partial charge in [0.2, 0.25) is 0 Å². The van der Waals surface area contributed by atoms with Crippen LogP contribution in [0.4, 0.5) is 0 Å². The van der Waals surface area contributed by atoms with Crippen LogP contribution in [0.25, 0.3) is 0 Å². The minimum atomic E-state index is -0.166. The molecular weight excluding hydrogens is 172 g/mol. The third-order valence-electron chi connectivity index (χ3n) is 1.55. The lowest BCUT2D eigenvalue weighted by Gasteiger charge is -2.05. The molecule has 0 unspecified atom stereocenters. The van der Waals surface area contributed by atoms with Crippen molar-refractivity contribution in [2.24, 2.45) is 0 Å². The van der Waals surface area contributed by atoms with E-state index in [-0.39, 0.29) is 25.5 Å². The maximum atomic E-state index is 11.3. The van der Waals surface area contributed by atoms with Crippen molar-refractivity contribution < 1.29 is 9.84 Å². The van der Waals surface area contributed by atoms with Gasteiger partial charge in [0, 0.05) is 12.4 Å². The summed E-state index contributed by atoms with van der Waals surface area (Å²) in [4.78, 5) is 15.2. The maximum absolute atomic E-state index is 11.3. The van der Waals surface area contributed by atoms with Crippen LogP contribution in [0.15, 0.2) is 17.2 Å². The zero-order valence-electron chi connectivity index (χ0n) is 7.43. The molecule has 1 aromatic heterocycles. The Balaban J connectivity index is 2.67. The monoisotopic (exact) mass is 184 g/mol. The number of aromatic nitrogens is 2. The smallest absolute Gasteiger partial charge is 0.273 e. The van der Waals surface area contributed by atoms with Gasteiger partial charge in [-0.1, -0.05) is 0 Å². The van der Waals surface area contributed by atoms with Gasteiger partial charge in [-0.25, -0.2) is 0 Å². The highest BCUT2D eigenvalue weighted by atomic mass is 16.5. The molecule has 1 aromatic rings. The van der Waals surface area contributed by atoms with Gasteiger partial charge in [-0.05, 0) is 6.92 Å². The molecule has 0 radical (unpaired) electrons. The average molecular weight is 184 g/mol. The second-order valence-electron chi connectivity index (χ2n) is 2.55. The maximum Gasteiger partial charge on any atom is 0.273 e. The van der Waals surface area contributed by atoms with Crippen molar-refractivity contribution in [2.45, 2.75) is 13.7 Å². The van der Waals surface area contributed by atoms with Crippen molar-refractivity contribution >= 4 is 0 Å². The van der Waals surface area contributed by atoms with E-state index in [0.717, 1.165) is 0 Å². The van der Waals surface area contributed by atoms with Gasteiger partial charge in [0.1, 0.15) is 12.4 Å². The first-order valence-corrected chi connectivity index (χ1v) is 3.96. The van der Waals surface area contributed by atoms with Crippen molar-refractivity contribution in [3.05, 3.63) is 28.4 Å². The van der Waals surface area contributed by atoms with Gasteiger partial charge in [0.25, 0.3) is 5.56 Å². The molecule has 1 N–H and O–H groups in total. The first kappa shape index (κ1) is 9.88. The molecule has 72 valence electrons. The number of rotatable bonds is 4. The van der Waals surface area contributed by atoms with Gasteiger partial charge in [0.05, 0.1) is 13.2 Å². The number of nitrogens with zero attached hydrogens (tertiary/aromatic N) is 2. The van der Waals surface area contributed by atoms with Crippen LogP contribution in [-0.4, -0.2) is 27.9 Å². The Morgan fingerprint density at radius 1 is 1.69 bits per heavy atom. The molecule has 0 aromatic carbocycles. The van der Waals surface area contributed by atoms with Gasteiger partial charge < -0.3 is 9.84 Å². The van der Waals surface area contributed by atoms with Gasteiger partial charge in [-0.15, -0.1) is 0 Å². The van der Waals surface area contributed by atoms with Crippen LogP contribution in [0.2, 0.25) is 0 Å². The molecule has 0 amide bonds. The topological polar surface area (TPSA) is 64.3 Å². The number of aryl methyl sites for hydroxylation is 1. The van der Waals surface area contributed by atoms with Crippen molar-refractivity contribution in [3.8, 4) is 0 Å². The predicted molar refractivity (Wildman–Crippen MR) is 46.3 cm³/mol. The Hall–Kier alpha value is -1.20. The molecule has 0 saturated heterocycles. The van der Waals surface area contributed by atoms with E-state index in [0.29, 0.717) is 5.69 Å². The molecule has 5 heteroatoms. The fourth-order valence-corrected chi connectivity index (χ4v) is 0.885. The van der Waals surface area contributed by atoms with Crippen LogP contribution in [0.1, 0.15) is 5.69 Å². The van der Waals surface area contributed by atoms with E-state index in [1.807, 2.05) is 0 Å². The molecular formula is C8H12N2O3. The summed E-state index contributed by atoms with van der Waals surface area (Å²) < 4.78 is 6.39. The highest BCUT2D eigenvalue weighted by molar-refractivity contribution is 4.93. The number of aliphatic hydroxyl groups excluding tert-OH is 1. The number of hydrogen-bond donors (Lipinski definition) is 1. The lowest BCUT2D eigenvalue weighted by Crippen LogP contribution is -2.24. The molecule has 0 atom stereocenters. The molecule has 1 heterocycles. The second-order valence-corrected chi connectivity index (χ2v) is 2.55. The summed E-state index contributed by atoms with van der Waals surface area (Å²) >= 11 is 0. The standard InChI is InChI=1S/C8H12N2O3/c1-7-8(12)10(3-2-9-7)6-13-5-4-11/h2-3,11H,4-6H2,1H3. The largest absolute Gasteiger partial charge is 0.394 e. The first-order valence-electron chi connectivity index (χ1n) is 3.96. The number of hydrogen-bond acceptors (Lipinski definition) is 4. The van der Waals surface area contributed by atoms with E-state index in [1.165, 1.54) is 4.57 Å². The Kier molecular flexibility index (Phi) is 3.60. The third kappa shape index (κ3) is 2.64. The molecule has 0 aliphatic carbocycles. The minimum absolute atomic E-state index is 0.0428. The zero-order valence-corrected chi connectivity index (χ0v) is 7.43. The van der Waals surface area contributed by atoms with Crippen molar-refractivity contribution in [1.29, 1.82) is 0 Å². The Labute approximate surface area is 75.6 Å². The summed E-state index contributed by atoms with van der Waals surface area (Å²) in [6.45, 7) is 1.99. The summed E-state index contributed by atoms with van der Waals surface area (Å²) in [7, 11) is 0. The Morgan fingerprint density at radius 2 is 2.46 bits per heavy atom.